The van der Waals surface area contributed by atoms with Crippen molar-refractivity contribution < 1.29 is 4.39 Å². The zero-order valence-corrected chi connectivity index (χ0v) is 11.7. The number of likely N-dealkylation sites (tertiary alicyclic amines) is 1. The van der Waals surface area contributed by atoms with Crippen molar-refractivity contribution in [2.45, 2.75) is 44.7 Å². The molecule has 104 valence electrons. The van der Waals surface area contributed by atoms with Crippen molar-refractivity contribution in [1.29, 1.82) is 0 Å². The van der Waals surface area contributed by atoms with Crippen LogP contribution in [0.3, 0.4) is 0 Å². The molecule has 2 nitrogen and oxygen atoms in total. The lowest BCUT2D eigenvalue weighted by Gasteiger charge is -2.25. The zero-order chi connectivity index (χ0) is 13.2. The van der Waals surface area contributed by atoms with Gasteiger partial charge in [0.15, 0.2) is 0 Å². The molecule has 1 aliphatic heterocycles. The van der Waals surface area contributed by atoms with Crippen LogP contribution in [-0.2, 0) is 6.42 Å². The van der Waals surface area contributed by atoms with Gasteiger partial charge in [0, 0.05) is 18.6 Å². The van der Waals surface area contributed by atoms with E-state index in [1.54, 1.807) is 6.07 Å². The Morgan fingerprint density at radius 2 is 2.16 bits per heavy atom. The Kier molecular flexibility index (Phi) is 3.85. The number of rotatable bonds is 4. The van der Waals surface area contributed by atoms with E-state index in [0.29, 0.717) is 12.1 Å². The minimum absolute atomic E-state index is 0.0333. The Bertz CT molecular complexity index is 440. The third-order valence-electron chi connectivity index (χ3n) is 4.43. The molecule has 0 saturated carbocycles. The molecule has 2 unspecified atom stereocenters. The third kappa shape index (κ3) is 2.82. The zero-order valence-electron chi connectivity index (χ0n) is 11.7. The van der Waals surface area contributed by atoms with Gasteiger partial charge in [0.25, 0.3) is 0 Å². The highest BCUT2D eigenvalue weighted by Gasteiger charge is 2.26. The normalized spacial score (nSPS) is 24.6. The summed E-state index contributed by atoms with van der Waals surface area (Å²) in [7, 11) is 0. The van der Waals surface area contributed by atoms with E-state index in [0.717, 1.165) is 24.9 Å². The van der Waals surface area contributed by atoms with Crippen LogP contribution in [0.1, 0.15) is 43.4 Å². The summed E-state index contributed by atoms with van der Waals surface area (Å²) in [5.74, 6) is -0.0333. The molecule has 1 N–H and O–H groups in total. The largest absolute Gasteiger partial charge is 0.306 e. The lowest BCUT2D eigenvalue weighted by atomic mass is 10.1. The Balaban J connectivity index is 1.61. The maximum atomic E-state index is 13.7. The Labute approximate surface area is 115 Å². The van der Waals surface area contributed by atoms with Crippen LogP contribution in [0.15, 0.2) is 18.2 Å². The van der Waals surface area contributed by atoms with Crippen molar-refractivity contribution in [3.8, 4) is 0 Å². The first-order chi connectivity index (χ1) is 9.24. The number of halogens is 1. The van der Waals surface area contributed by atoms with Crippen LogP contribution in [0.4, 0.5) is 4.39 Å². The van der Waals surface area contributed by atoms with Gasteiger partial charge in [0.2, 0.25) is 0 Å². The van der Waals surface area contributed by atoms with Gasteiger partial charge in [-0.2, -0.15) is 0 Å². The summed E-state index contributed by atoms with van der Waals surface area (Å²) in [6.45, 7) is 5.83. The minimum Gasteiger partial charge on any atom is -0.306 e. The predicted octanol–water partition coefficient (Wildman–Crippen LogP) is 2.89. The average Bonchev–Trinajstić information content (AvgIpc) is 3.01. The van der Waals surface area contributed by atoms with Crippen LogP contribution in [0, 0.1) is 5.82 Å². The lowest BCUT2D eigenvalue weighted by Crippen LogP contribution is -2.39. The van der Waals surface area contributed by atoms with E-state index in [4.69, 9.17) is 0 Å². The number of fused-ring (bicyclic) bond motifs is 1. The van der Waals surface area contributed by atoms with E-state index in [-0.39, 0.29) is 5.82 Å². The summed E-state index contributed by atoms with van der Waals surface area (Å²) < 4.78 is 13.7. The first kappa shape index (κ1) is 13.1. The van der Waals surface area contributed by atoms with Gasteiger partial charge in [-0.3, -0.25) is 0 Å². The van der Waals surface area contributed by atoms with E-state index in [2.05, 4.69) is 23.2 Å². The van der Waals surface area contributed by atoms with Crippen LogP contribution in [0.25, 0.3) is 0 Å². The maximum absolute atomic E-state index is 13.7. The topological polar surface area (TPSA) is 15.3 Å². The smallest absolute Gasteiger partial charge is 0.126 e. The Morgan fingerprint density at radius 3 is 2.95 bits per heavy atom. The highest BCUT2D eigenvalue weighted by Crippen LogP contribution is 2.32. The first-order valence-electron chi connectivity index (χ1n) is 7.50. The van der Waals surface area contributed by atoms with Gasteiger partial charge >= 0.3 is 0 Å². The molecule has 1 aliphatic carbocycles. The molecule has 0 aromatic heterocycles. The fourth-order valence-electron chi connectivity index (χ4n) is 3.53. The molecule has 19 heavy (non-hydrogen) atoms. The summed E-state index contributed by atoms with van der Waals surface area (Å²) in [4.78, 5) is 2.53. The molecule has 3 rings (SSSR count). The van der Waals surface area contributed by atoms with Gasteiger partial charge in [-0.05, 0) is 62.9 Å². The standard InChI is InChI=1S/C16H23FN2/c1-12(11-19-9-2-3-10-19)18-16-8-7-13-14(16)5-4-6-15(13)17/h4-6,12,16,18H,2-3,7-11H2,1H3. The SMILES string of the molecule is CC(CN1CCCC1)NC1CCc2c(F)cccc21. The van der Waals surface area contributed by atoms with Crippen LogP contribution in [0.2, 0.25) is 0 Å². The number of nitrogens with zero attached hydrogens (tertiary/aromatic N) is 1. The van der Waals surface area contributed by atoms with E-state index in [1.165, 1.54) is 31.5 Å². The second kappa shape index (κ2) is 5.59. The van der Waals surface area contributed by atoms with Crippen molar-refractivity contribution >= 4 is 0 Å². The molecule has 1 aromatic carbocycles. The Morgan fingerprint density at radius 1 is 1.37 bits per heavy atom. The molecule has 0 amide bonds. The van der Waals surface area contributed by atoms with Gasteiger partial charge < -0.3 is 10.2 Å². The van der Waals surface area contributed by atoms with Crippen molar-refractivity contribution in [2.24, 2.45) is 0 Å². The highest BCUT2D eigenvalue weighted by molar-refractivity contribution is 5.35. The molecule has 0 spiro atoms. The van der Waals surface area contributed by atoms with E-state index in [1.807, 2.05) is 6.07 Å². The molecule has 3 heteroatoms. The molecule has 0 radical (unpaired) electrons. The molecule has 1 aromatic rings. The fourth-order valence-corrected chi connectivity index (χ4v) is 3.53. The molecule has 0 bridgehead atoms. The van der Waals surface area contributed by atoms with E-state index in [9.17, 15) is 4.39 Å². The predicted molar refractivity (Wildman–Crippen MR) is 75.7 cm³/mol. The molecule has 1 heterocycles. The molecule has 2 atom stereocenters. The van der Waals surface area contributed by atoms with Gasteiger partial charge in [-0.25, -0.2) is 4.39 Å². The Hall–Kier alpha value is -0.930. The van der Waals surface area contributed by atoms with Gasteiger partial charge in [0.05, 0.1) is 0 Å². The van der Waals surface area contributed by atoms with Crippen LogP contribution < -0.4 is 5.32 Å². The summed E-state index contributed by atoms with van der Waals surface area (Å²) in [5, 5.41) is 3.68. The molecule has 1 saturated heterocycles. The second-order valence-electron chi connectivity index (χ2n) is 5.97. The lowest BCUT2D eigenvalue weighted by molar-refractivity contribution is 0.286. The average molecular weight is 262 g/mol. The summed E-state index contributed by atoms with van der Waals surface area (Å²) in [6.07, 6.45) is 4.57. The van der Waals surface area contributed by atoms with Crippen LogP contribution in [-0.4, -0.2) is 30.6 Å². The fraction of sp³-hybridized carbons (Fsp3) is 0.625. The summed E-state index contributed by atoms with van der Waals surface area (Å²) in [6, 6.07) is 6.29. The summed E-state index contributed by atoms with van der Waals surface area (Å²) >= 11 is 0. The summed E-state index contributed by atoms with van der Waals surface area (Å²) in [5.41, 5.74) is 2.10. The van der Waals surface area contributed by atoms with Crippen LogP contribution in [0.5, 0.6) is 0 Å². The van der Waals surface area contributed by atoms with Crippen molar-refractivity contribution in [2.75, 3.05) is 19.6 Å². The first-order valence-corrected chi connectivity index (χ1v) is 7.50. The van der Waals surface area contributed by atoms with Crippen molar-refractivity contribution in [3.05, 3.63) is 35.1 Å². The van der Waals surface area contributed by atoms with Crippen molar-refractivity contribution in [3.63, 3.8) is 0 Å². The number of hydrogen-bond acceptors (Lipinski definition) is 2. The van der Waals surface area contributed by atoms with Crippen molar-refractivity contribution in [1.82, 2.24) is 10.2 Å². The molecule has 2 aliphatic rings. The van der Waals surface area contributed by atoms with Gasteiger partial charge in [-0.15, -0.1) is 0 Å². The highest BCUT2D eigenvalue weighted by atomic mass is 19.1. The molecular weight excluding hydrogens is 239 g/mol. The number of hydrogen-bond donors (Lipinski definition) is 1. The third-order valence-corrected chi connectivity index (χ3v) is 4.43. The van der Waals surface area contributed by atoms with Gasteiger partial charge in [0.1, 0.15) is 5.82 Å². The number of nitrogens with one attached hydrogen (secondary N) is 1. The minimum atomic E-state index is -0.0333. The maximum Gasteiger partial charge on any atom is 0.126 e. The number of benzene rings is 1. The van der Waals surface area contributed by atoms with E-state index >= 15 is 0 Å². The van der Waals surface area contributed by atoms with E-state index < -0.39 is 0 Å². The molecular formula is C16H23FN2. The quantitative estimate of drug-likeness (QED) is 0.897. The monoisotopic (exact) mass is 262 g/mol. The van der Waals surface area contributed by atoms with Gasteiger partial charge in [-0.1, -0.05) is 12.1 Å². The molecule has 1 fully saturated rings. The second-order valence-corrected chi connectivity index (χ2v) is 5.97. The van der Waals surface area contributed by atoms with Crippen LogP contribution >= 0.6 is 0 Å².